The fourth-order valence-electron chi connectivity index (χ4n) is 1.21. The summed E-state index contributed by atoms with van der Waals surface area (Å²) < 4.78 is 5.20. The number of hydrogen-bond acceptors (Lipinski definition) is 3. The summed E-state index contributed by atoms with van der Waals surface area (Å²) >= 11 is 0. The molecule has 1 aromatic rings. The molecule has 0 aliphatic carbocycles. The van der Waals surface area contributed by atoms with Gasteiger partial charge >= 0.3 is 0 Å². The quantitative estimate of drug-likeness (QED) is 0.455. The molecular weight excluding hydrogens is 178 g/mol. The van der Waals surface area contributed by atoms with E-state index in [-0.39, 0.29) is 6.10 Å². The van der Waals surface area contributed by atoms with Crippen molar-refractivity contribution in [2.75, 3.05) is 7.11 Å². The molecule has 1 aromatic carbocycles. The van der Waals surface area contributed by atoms with Gasteiger partial charge in [-0.25, -0.2) is 0 Å². The van der Waals surface area contributed by atoms with Crippen molar-refractivity contribution in [3.63, 3.8) is 0 Å². The van der Waals surface area contributed by atoms with Crippen LogP contribution in [0.25, 0.3) is 0 Å². The van der Waals surface area contributed by atoms with Crippen LogP contribution in [0.5, 0.6) is 0 Å². The lowest BCUT2D eigenvalue weighted by Crippen LogP contribution is -1.99. The highest BCUT2D eigenvalue weighted by atomic mass is 16.5. The van der Waals surface area contributed by atoms with Gasteiger partial charge in [0.25, 0.3) is 0 Å². The summed E-state index contributed by atoms with van der Waals surface area (Å²) in [5.41, 5.74) is 2.59. The highest BCUT2D eigenvalue weighted by Crippen LogP contribution is 2.17. The Hall–Kier alpha value is -1.35. The standard InChI is InChI=1S/C11H15NO2/c1-8(12-13)10-5-4-6-11(7-10)9(2)14-3/h4-7,9,13H,1-3H3/b12-8-. The highest BCUT2D eigenvalue weighted by Gasteiger charge is 2.05. The van der Waals surface area contributed by atoms with E-state index >= 15 is 0 Å². The third-order valence-electron chi connectivity index (χ3n) is 2.28. The van der Waals surface area contributed by atoms with Gasteiger partial charge in [-0.2, -0.15) is 0 Å². The van der Waals surface area contributed by atoms with Crippen LogP contribution in [0.15, 0.2) is 29.4 Å². The van der Waals surface area contributed by atoms with Gasteiger partial charge in [0, 0.05) is 7.11 Å². The van der Waals surface area contributed by atoms with E-state index in [2.05, 4.69) is 5.16 Å². The number of rotatable bonds is 3. The zero-order valence-electron chi connectivity index (χ0n) is 8.69. The molecule has 1 rings (SSSR count). The van der Waals surface area contributed by atoms with E-state index in [9.17, 15) is 0 Å². The van der Waals surface area contributed by atoms with E-state index in [1.165, 1.54) is 0 Å². The average molecular weight is 193 g/mol. The van der Waals surface area contributed by atoms with Crippen molar-refractivity contribution in [3.05, 3.63) is 35.4 Å². The molecule has 1 N–H and O–H groups in total. The summed E-state index contributed by atoms with van der Waals surface area (Å²) in [7, 11) is 1.67. The Kier molecular flexibility index (Phi) is 3.65. The van der Waals surface area contributed by atoms with E-state index in [0.717, 1.165) is 11.1 Å². The maximum absolute atomic E-state index is 8.63. The van der Waals surface area contributed by atoms with E-state index < -0.39 is 0 Å². The second-order valence-corrected chi connectivity index (χ2v) is 3.19. The Labute approximate surface area is 84.0 Å². The predicted molar refractivity (Wildman–Crippen MR) is 55.9 cm³/mol. The maximum Gasteiger partial charge on any atom is 0.0837 e. The first-order valence-electron chi connectivity index (χ1n) is 4.50. The van der Waals surface area contributed by atoms with Crippen LogP contribution in [-0.2, 0) is 4.74 Å². The van der Waals surface area contributed by atoms with Crippen LogP contribution >= 0.6 is 0 Å². The zero-order valence-corrected chi connectivity index (χ0v) is 8.69. The predicted octanol–water partition coefficient (Wildman–Crippen LogP) is 2.59. The normalized spacial score (nSPS) is 14.1. The summed E-state index contributed by atoms with van der Waals surface area (Å²) in [5, 5.41) is 11.8. The smallest absolute Gasteiger partial charge is 0.0837 e. The van der Waals surface area contributed by atoms with Crippen LogP contribution < -0.4 is 0 Å². The Balaban J connectivity index is 3.01. The molecule has 0 saturated carbocycles. The van der Waals surface area contributed by atoms with Crippen LogP contribution in [0.4, 0.5) is 0 Å². The molecule has 0 aliphatic rings. The van der Waals surface area contributed by atoms with Crippen molar-refractivity contribution >= 4 is 5.71 Å². The van der Waals surface area contributed by atoms with Crippen molar-refractivity contribution in [1.29, 1.82) is 0 Å². The van der Waals surface area contributed by atoms with Gasteiger partial charge in [-0.1, -0.05) is 23.4 Å². The van der Waals surface area contributed by atoms with Crippen LogP contribution in [0.2, 0.25) is 0 Å². The molecule has 0 radical (unpaired) electrons. The lowest BCUT2D eigenvalue weighted by Gasteiger charge is -2.10. The van der Waals surface area contributed by atoms with E-state index in [0.29, 0.717) is 5.71 Å². The number of hydrogen-bond donors (Lipinski definition) is 1. The molecule has 0 bridgehead atoms. The van der Waals surface area contributed by atoms with Gasteiger partial charge in [0.2, 0.25) is 0 Å². The Morgan fingerprint density at radius 1 is 1.50 bits per heavy atom. The molecule has 3 heteroatoms. The fraction of sp³-hybridized carbons (Fsp3) is 0.364. The maximum atomic E-state index is 8.63. The van der Waals surface area contributed by atoms with Gasteiger partial charge in [0.1, 0.15) is 0 Å². The molecule has 0 spiro atoms. The Morgan fingerprint density at radius 2 is 2.21 bits per heavy atom. The molecule has 0 fully saturated rings. The summed E-state index contributed by atoms with van der Waals surface area (Å²) in [5.74, 6) is 0. The first kappa shape index (κ1) is 10.7. The van der Waals surface area contributed by atoms with E-state index in [4.69, 9.17) is 9.94 Å². The molecule has 14 heavy (non-hydrogen) atoms. The molecule has 0 aliphatic heterocycles. The summed E-state index contributed by atoms with van der Waals surface area (Å²) in [6, 6.07) is 7.78. The summed E-state index contributed by atoms with van der Waals surface area (Å²) in [4.78, 5) is 0. The molecule has 0 heterocycles. The van der Waals surface area contributed by atoms with Crippen molar-refractivity contribution in [1.82, 2.24) is 0 Å². The fourth-order valence-corrected chi connectivity index (χ4v) is 1.21. The van der Waals surface area contributed by atoms with E-state index in [1.807, 2.05) is 31.2 Å². The first-order valence-corrected chi connectivity index (χ1v) is 4.50. The van der Waals surface area contributed by atoms with Gasteiger partial charge < -0.3 is 9.94 Å². The third kappa shape index (κ3) is 2.33. The number of methoxy groups -OCH3 is 1. The van der Waals surface area contributed by atoms with Crippen molar-refractivity contribution < 1.29 is 9.94 Å². The minimum Gasteiger partial charge on any atom is -0.411 e. The Morgan fingerprint density at radius 3 is 2.79 bits per heavy atom. The number of nitrogens with zero attached hydrogens (tertiary/aromatic N) is 1. The van der Waals surface area contributed by atoms with Crippen molar-refractivity contribution in [2.45, 2.75) is 20.0 Å². The minimum absolute atomic E-state index is 0.0569. The van der Waals surface area contributed by atoms with Gasteiger partial charge in [0.15, 0.2) is 0 Å². The molecular formula is C11H15NO2. The van der Waals surface area contributed by atoms with Gasteiger partial charge in [-0.3, -0.25) is 0 Å². The molecule has 3 nitrogen and oxygen atoms in total. The lowest BCUT2D eigenvalue weighted by molar-refractivity contribution is 0.119. The Bertz CT molecular complexity index is 334. The number of benzene rings is 1. The van der Waals surface area contributed by atoms with E-state index in [1.54, 1.807) is 14.0 Å². The van der Waals surface area contributed by atoms with Gasteiger partial charge in [-0.15, -0.1) is 0 Å². The van der Waals surface area contributed by atoms with Gasteiger partial charge in [-0.05, 0) is 31.0 Å². The number of ether oxygens (including phenoxy) is 1. The van der Waals surface area contributed by atoms with Crippen LogP contribution in [-0.4, -0.2) is 18.0 Å². The van der Waals surface area contributed by atoms with Crippen molar-refractivity contribution in [3.8, 4) is 0 Å². The number of oxime groups is 1. The summed E-state index contributed by atoms with van der Waals surface area (Å²) in [6.07, 6.45) is 0.0569. The summed E-state index contributed by atoms with van der Waals surface area (Å²) in [6.45, 7) is 3.74. The molecule has 0 amide bonds. The molecule has 1 atom stereocenters. The zero-order chi connectivity index (χ0) is 10.6. The van der Waals surface area contributed by atoms with Crippen LogP contribution in [0.1, 0.15) is 31.1 Å². The van der Waals surface area contributed by atoms with Crippen molar-refractivity contribution in [2.24, 2.45) is 5.16 Å². The largest absolute Gasteiger partial charge is 0.411 e. The second-order valence-electron chi connectivity index (χ2n) is 3.19. The highest BCUT2D eigenvalue weighted by molar-refractivity contribution is 5.98. The topological polar surface area (TPSA) is 41.8 Å². The lowest BCUT2D eigenvalue weighted by atomic mass is 10.0. The van der Waals surface area contributed by atoms with Gasteiger partial charge in [0.05, 0.1) is 11.8 Å². The molecule has 0 saturated heterocycles. The monoisotopic (exact) mass is 193 g/mol. The molecule has 1 unspecified atom stereocenters. The first-order chi connectivity index (χ1) is 6.69. The second kappa shape index (κ2) is 4.77. The molecule has 0 aromatic heterocycles. The SMILES string of the molecule is COC(C)c1cccc(/C(C)=N\O)c1. The average Bonchev–Trinajstić information content (AvgIpc) is 2.27. The van der Waals surface area contributed by atoms with Crippen LogP contribution in [0, 0.1) is 0 Å². The minimum atomic E-state index is 0.0569. The molecule has 76 valence electrons. The van der Waals surface area contributed by atoms with Crippen LogP contribution in [0.3, 0.4) is 0 Å². The third-order valence-corrected chi connectivity index (χ3v) is 2.28.